The summed E-state index contributed by atoms with van der Waals surface area (Å²) < 4.78 is 56.3. The van der Waals surface area contributed by atoms with Gasteiger partial charge in [-0.05, 0) is 73.9 Å². The molecule has 9 heteroatoms. The van der Waals surface area contributed by atoms with Crippen LogP contribution >= 0.6 is 0 Å². The highest BCUT2D eigenvalue weighted by Gasteiger charge is 2.65. The summed E-state index contributed by atoms with van der Waals surface area (Å²) >= 11 is 0. The van der Waals surface area contributed by atoms with Crippen molar-refractivity contribution in [2.24, 2.45) is 5.41 Å². The standard InChI is InChI=1S/C25H26F2N4O2S/c1-14(2)34(32,33)31-21-10-6-9-20(28-21)25-12-11-16(24(25,3)4)15-13-19(29-30-23(15)25)22-17(26)7-5-8-18(22)27/h5-10,13-14,16H,11-12H2,1-4H3,(H,28,31)/t16-,25-/m0/s1. The van der Waals surface area contributed by atoms with Crippen molar-refractivity contribution < 1.29 is 17.2 Å². The molecule has 178 valence electrons. The predicted octanol–water partition coefficient (Wildman–Crippen LogP) is 5.17. The Labute approximate surface area is 197 Å². The number of nitrogens with zero attached hydrogens (tertiary/aromatic N) is 3. The summed E-state index contributed by atoms with van der Waals surface area (Å²) in [4.78, 5) is 4.72. The van der Waals surface area contributed by atoms with Crippen molar-refractivity contribution in [3.05, 3.63) is 71.1 Å². The molecule has 2 aliphatic carbocycles. The molecule has 2 aromatic heterocycles. The molecule has 2 bridgehead atoms. The van der Waals surface area contributed by atoms with E-state index in [1.165, 1.54) is 18.2 Å². The number of pyridine rings is 1. The molecule has 3 aromatic rings. The van der Waals surface area contributed by atoms with Crippen LogP contribution in [0, 0.1) is 17.0 Å². The molecule has 1 N–H and O–H groups in total. The van der Waals surface area contributed by atoms with Crippen LogP contribution in [0.15, 0.2) is 42.5 Å². The second-order valence-electron chi connectivity index (χ2n) is 9.95. The Hall–Kier alpha value is -2.94. The minimum atomic E-state index is -3.55. The van der Waals surface area contributed by atoms with Gasteiger partial charge in [0.25, 0.3) is 0 Å². The maximum absolute atomic E-state index is 14.4. The molecule has 0 radical (unpaired) electrons. The smallest absolute Gasteiger partial charge is 0.236 e. The minimum Gasteiger partial charge on any atom is -0.267 e. The van der Waals surface area contributed by atoms with Crippen molar-refractivity contribution in [3.8, 4) is 11.3 Å². The first kappa shape index (κ1) is 22.8. The van der Waals surface area contributed by atoms with Crippen LogP contribution in [0.25, 0.3) is 11.3 Å². The third-order valence-corrected chi connectivity index (χ3v) is 9.39. The van der Waals surface area contributed by atoms with Gasteiger partial charge in [0.05, 0.1) is 33.3 Å². The van der Waals surface area contributed by atoms with Gasteiger partial charge in [0, 0.05) is 0 Å². The van der Waals surface area contributed by atoms with E-state index in [0.29, 0.717) is 5.69 Å². The maximum Gasteiger partial charge on any atom is 0.236 e. The van der Waals surface area contributed by atoms with Crippen molar-refractivity contribution in [3.63, 3.8) is 0 Å². The zero-order valence-electron chi connectivity index (χ0n) is 19.4. The van der Waals surface area contributed by atoms with Gasteiger partial charge in [0.15, 0.2) is 0 Å². The van der Waals surface area contributed by atoms with Gasteiger partial charge < -0.3 is 0 Å². The highest BCUT2D eigenvalue weighted by atomic mass is 32.2. The molecule has 0 amide bonds. The second-order valence-corrected chi connectivity index (χ2v) is 12.2. The Kier molecular flexibility index (Phi) is 5.06. The lowest BCUT2D eigenvalue weighted by atomic mass is 9.66. The number of nitrogens with one attached hydrogen (secondary N) is 1. The summed E-state index contributed by atoms with van der Waals surface area (Å²) in [5, 5.41) is 8.15. The van der Waals surface area contributed by atoms with Gasteiger partial charge in [0.1, 0.15) is 17.5 Å². The Morgan fingerprint density at radius 3 is 2.41 bits per heavy atom. The van der Waals surface area contributed by atoms with Gasteiger partial charge in [-0.2, -0.15) is 5.10 Å². The van der Waals surface area contributed by atoms with Crippen LogP contribution < -0.4 is 4.72 Å². The van der Waals surface area contributed by atoms with Gasteiger partial charge in [-0.3, -0.25) is 4.72 Å². The Bertz CT molecular complexity index is 1390. The molecule has 0 aliphatic heterocycles. The Balaban J connectivity index is 1.64. The first-order chi connectivity index (χ1) is 16.0. The number of aromatic nitrogens is 3. The molecule has 0 unspecified atom stereocenters. The molecule has 1 fully saturated rings. The molecular weight excluding hydrogens is 458 g/mol. The number of halogens is 2. The molecule has 6 nitrogen and oxygen atoms in total. The number of benzene rings is 1. The van der Waals surface area contributed by atoms with E-state index >= 15 is 0 Å². The number of hydrogen-bond acceptors (Lipinski definition) is 5. The van der Waals surface area contributed by atoms with Gasteiger partial charge >= 0.3 is 0 Å². The van der Waals surface area contributed by atoms with E-state index in [4.69, 9.17) is 4.98 Å². The van der Waals surface area contributed by atoms with Crippen molar-refractivity contribution in [2.75, 3.05) is 4.72 Å². The van der Waals surface area contributed by atoms with Crippen LogP contribution in [0.4, 0.5) is 14.6 Å². The molecular formula is C25H26F2N4O2S. The summed E-state index contributed by atoms with van der Waals surface area (Å²) in [6.45, 7) is 7.49. The predicted molar refractivity (Wildman–Crippen MR) is 126 cm³/mol. The minimum absolute atomic E-state index is 0.101. The highest BCUT2D eigenvalue weighted by molar-refractivity contribution is 7.93. The first-order valence-electron chi connectivity index (χ1n) is 11.3. The van der Waals surface area contributed by atoms with Gasteiger partial charge in [-0.25, -0.2) is 22.2 Å². The van der Waals surface area contributed by atoms with E-state index in [1.807, 2.05) is 6.07 Å². The third-order valence-electron chi connectivity index (χ3n) is 7.65. The number of rotatable bonds is 5. The van der Waals surface area contributed by atoms with Crippen LogP contribution in [0.1, 0.15) is 63.4 Å². The van der Waals surface area contributed by atoms with Gasteiger partial charge in [-0.1, -0.05) is 26.0 Å². The fourth-order valence-electron chi connectivity index (χ4n) is 5.75. The fourth-order valence-corrected chi connectivity index (χ4v) is 6.39. The summed E-state index contributed by atoms with van der Waals surface area (Å²) in [7, 11) is -3.55. The van der Waals surface area contributed by atoms with E-state index in [-0.39, 0.29) is 28.4 Å². The molecule has 5 rings (SSSR count). The number of fused-ring (bicyclic) bond motifs is 5. The van der Waals surface area contributed by atoms with E-state index < -0.39 is 32.3 Å². The fraction of sp³-hybridized carbons (Fsp3) is 0.400. The number of anilines is 1. The lowest BCUT2D eigenvalue weighted by Gasteiger charge is -2.37. The van der Waals surface area contributed by atoms with Crippen molar-refractivity contribution in [2.45, 2.75) is 57.1 Å². The first-order valence-corrected chi connectivity index (χ1v) is 12.9. The summed E-state index contributed by atoms with van der Waals surface area (Å²) in [5.41, 5.74) is 1.45. The zero-order valence-corrected chi connectivity index (χ0v) is 20.2. The summed E-state index contributed by atoms with van der Waals surface area (Å²) in [6.07, 6.45) is 1.63. The topological polar surface area (TPSA) is 84.8 Å². The lowest BCUT2D eigenvalue weighted by Crippen LogP contribution is -2.38. The number of sulfonamides is 1. The quantitative estimate of drug-likeness (QED) is 0.540. The summed E-state index contributed by atoms with van der Waals surface area (Å²) in [6, 6.07) is 10.8. The number of hydrogen-bond donors (Lipinski definition) is 1. The summed E-state index contributed by atoms with van der Waals surface area (Å²) in [5.74, 6) is -1.01. The molecule has 2 atom stereocenters. The largest absolute Gasteiger partial charge is 0.267 e. The van der Waals surface area contributed by atoms with Crippen LogP contribution in [-0.2, 0) is 15.4 Å². The Morgan fingerprint density at radius 2 is 1.74 bits per heavy atom. The normalized spacial score (nSPS) is 22.7. The van der Waals surface area contributed by atoms with Crippen LogP contribution in [0.2, 0.25) is 0 Å². The zero-order chi connectivity index (χ0) is 24.5. The van der Waals surface area contributed by atoms with Crippen LogP contribution in [0.3, 0.4) is 0 Å². The molecule has 1 saturated carbocycles. The maximum atomic E-state index is 14.4. The second kappa shape index (κ2) is 7.53. The van der Waals surface area contributed by atoms with Crippen molar-refractivity contribution in [1.82, 2.24) is 15.2 Å². The molecule has 0 spiro atoms. The van der Waals surface area contributed by atoms with Crippen LogP contribution in [0.5, 0.6) is 0 Å². The molecule has 2 heterocycles. The molecule has 1 aromatic carbocycles. The van der Waals surface area contributed by atoms with Gasteiger partial charge in [-0.15, -0.1) is 5.10 Å². The lowest BCUT2D eigenvalue weighted by molar-refractivity contribution is 0.243. The third kappa shape index (κ3) is 3.09. The molecule has 34 heavy (non-hydrogen) atoms. The highest BCUT2D eigenvalue weighted by Crippen LogP contribution is 2.69. The van der Waals surface area contributed by atoms with Crippen LogP contribution in [-0.4, -0.2) is 28.8 Å². The molecule has 2 aliphatic rings. The molecule has 0 saturated heterocycles. The van der Waals surface area contributed by atoms with Crippen molar-refractivity contribution in [1.29, 1.82) is 0 Å². The van der Waals surface area contributed by atoms with E-state index in [0.717, 1.165) is 24.1 Å². The Morgan fingerprint density at radius 1 is 1.06 bits per heavy atom. The average molecular weight is 485 g/mol. The van der Waals surface area contributed by atoms with E-state index in [9.17, 15) is 17.2 Å². The van der Waals surface area contributed by atoms with E-state index in [1.54, 1.807) is 32.0 Å². The van der Waals surface area contributed by atoms with E-state index in [2.05, 4.69) is 28.8 Å². The van der Waals surface area contributed by atoms with Gasteiger partial charge in [0.2, 0.25) is 10.0 Å². The monoisotopic (exact) mass is 484 g/mol. The van der Waals surface area contributed by atoms with Crippen molar-refractivity contribution >= 4 is 15.8 Å². The SMILES string of the molecule is CC(C)S(=O)(=O)Nc1cccc([C@@]23CC[C@@H](c4cc(-c5c(F)cccc5F)nnc42)C3(C)C)n1. The average Bonchev–Trinajstić information content (AvgIpc) is 3.15.